The smallest absolute Gasteiger partial charge is 0.161 e. The van der Waals surface area contributed by atoms with Crippen LogP contribution in [0.4, 0.5) is 10.1 Å². The lowest BCUT2D eigenvalue weighted by molar-refractivity contribution is 0.101. The van der Waals surface area contributed by atoms with Gasteiger partial charge in [0.15, 0.2) is 5.78 Å². The molecule has 4 heteroatoms. The minimum absolute atomic E-state index is 0.156. The average molecular weight is 261 g/mol. The molecule has 0 unspecified atom stereocenters. The molecule has 19 heavy (non-hydrogen) atoms. The molecule has 100 valence electrons. The molecule has 0 spiro atoms. The van der Waals surface area contributed by atoms with Crippen molar-refractivity contribution in [3.05, 3.63) is 53.2 Å². The molecule has 0 bridgehead atoms. The van der Waals surface area contributed by atoms with Gasteiger partial charge in [0.2, 0.25) is 0 Å². The summed E-state index contributed by atoms with van der Waals surface area (Å²) < 4.78 is 18.7. The molecule has 0 amide bonds. The molecule has 0 radical (unpaired) electrons. The molecule has 0 saturated heterocycles. The van der Waals surface area contributed by atoms with E-state index in [1.54, 1.807) is 6.07 Å². The summed E-state index contributed by atoms with van der Waals surface area (Å²) in [4.78, 5) is 13.4. The van der Waals surface area contributed by atoms with Gasteiger partial charge in [-0.1, -0.05) is 0 Å². The Balaban J connectivity index is 2.28. The molecule has 0 saturated carbocycles. The van der Waals surface area contributed by atoms with E-state index in [2.05, 4.69) is 0 Å². The number of carbonyl (C=O) groups excluding carboxylic acids is 1. The van der Waals surface area contributed by atoms with Crippen molar-refractivity contribution in [1.82, 2.24) is 0 Å². The first-order valence-corrected chi connectivity index (χ1v) is 6.04. The number of halogens is 1. The maximum absolute atomic E-state index is 13.2. The quantitative estimate of drug-likeness (QED) is 0.789. The van der Waals surface area contributed by atoms with Gasteiger partial charge in [0.1, 0.15) is 17.3 Å². The number of hydrogen-bond donors (Lipinski definition) is 0. The molecule has 0 N–H and O–H groups in total. The van der Waals surface area contributed by atoms with Gasteiger partial charge in [0, 0.05) is 18.3 Å². The van der Waals surface area contributed by atoms with Crippen molar-refractivity contribution in [1.29, 1.82) is 0 Å². The van der Waals surface area contributed by atoms with Gasteiger partial charge >= 0.3 is 0 Å². The van der Waals surface area contributed by atoms with E-state index in [0.717, 1.165) is 11.5 Å². The Morgan fingerprint density at radius 2 is 2.05 bits per heavy atom. The third-order valence-corrected chi connectivity index (χ3v) is 2.94. The minimum Gasteiger partial charge on any atom is -0.464 e. The first kappa shape index (κ1) is 13.3. The van der Waals surface area contributed by atoms with E-state index < -0.39 is 5.82 Å². The summed E-state index contributed by atoms with van der Waals surface area (Å²) in [6, 6.07) is 8.01. The van der Waals surface area contributed by atoms with Crippen LogP contribution < -0.4 is 4.90 Å². The first-order valence-electron chi connectivity index (χ1n) is 6.04. The highest BCUT2D eigenvalue weighted by Gasteiger charge is 2.13. The van der Waals surface area contributed by atoms with Crippen LogP contribution >= 0.6 is 0 Å². The fourth-order valence-corrected chi connectivity index (χ4v) is 2.01. The summed E-state index contributed by atoms with van der Waals surface area (Å²) in [6.07, 6.45) is 0. The highest BCUT2D eigenvalue weighted by Crippen LogP contribution is 2.23. The van der Waals surface area contributed by atoms with Crippen LogP contribution in [-0.2, 0) is 6.54 Å². The van der Waals surface area contributed by atoms with Gasteiger partial charge < -0.3 is 9.32 Å². The Morgan fingerprint density at radius 1 is 1.32 bits per heavy atom. The van der Waals surface area contributed by atoms with Gasteiger partial charge in [0.25, 0.3) is 0 Å². The topological polar surface area (TPSA) is 33.5 Å². The number of benzene rings is 1. The molecule has 0 aliphatic rings. The van der Waals surface area contributed by atoms with E-state index in [9.17, 15) is 9.18 Å². The number of rotatable bonds is 4. The number of anilines is 1. The van der Waals surface area contributed by atoms with Crippen molar-refractivity contribution in [2.75, 3.05) is 11.9 Å². The van der Waals surface area contributed by atoms with E-state index in [4.69, 9.17) is 4.42 Å². The van der Waals surface area contributed by atoms with E-state index in [-0.39, 0.29) is 5.78 Å². The second kappa shape index (κ2) is 5.26. The van der Waals surface area contributed by atoms with Crippen molar-refractivity contribution in [3.63, 3.8) is 0 Å². The van der Waals surface area contributed by atoms with Crippen LogP contribution in [0.1, 0.15) is 28.8 Å². The molecule has 2 rings (SSSR count). The van der Waals surface area contributed by atoms with E-state index in [1.807, 2.05) is 31.0 Å². The maximum atomic E-state index is 13.2. The zero-order valence-electron chi connectivity index (χ0n) is 11.2. The van der Waals surface area contributed by atoms with Gasteiger partial charge in [-0.05, 0) is 44.2 Å². The third kappa shape index (κ3) is 3.02. The predicted octanol–water partition coefficient (Wildman–Crippen LogP) is 3.57. The number of ketones is 1. The number of nitrogens with zero attached hydrogens (tertiary/aromatic N) is 1. The van der Waals surface area contributed by atoms with E-state index in [0.29, 0.717) is 17.8 Å². The predicted molar refractivity (Wildman–Crippen MR) is 72.0 cm³/mol. The molecule has 2 aromatic rings. The average Bonchev–Trinajstić information content (AvgIpc) is 2.74. The van der Waals surface area contributed by atoms with Crippen molar-refractivity contribution in [2.45, 2.75) is 20.4 Å². The van der Waals surface area contributed by atoms with Crippen LogP contribution in [0, 0.1) is 12.7 Å². The second-order valence-electron chi connectivity index (χ2n) is 4.59. The molecule has 1 heterocycles. The lowest BCUT2D eigenvalue weighted by Crippen LogP contribution is -2.18. The van der Waals surface area contributed by atoms with Gasteiger partial charge in [-0.3, -0.25) is 4.79 Å². The van der Waals surface area contributed by atoms with Gasteiger partial charge in [-0.2, -0.15) is 0 Å². The third-order valence-electron chi connectivity index (χ3n) is 2.94. The minimum atomic E-state index is -0.406. The maximum Gasteiger partial charge on any atom is 0.161 e. The Bertz CT molecular complexity index is 604. The van der Waals surface area contributed by atoms with Crippen LogP contribution in [0.3, 0.4) is 0 Å². The highest BCUT2D eigenvalue weighted by molar-refractivity contribution is 5.99. The zero-order chi connectivity index (χ0) is 14.0. The Labute approximate surface area is 111 Å². The van der Waals surface area contributed by atoms with Gasteiger partial charge in [-0.25, -0.2) is 4.39 Å². The van der Waals surface area contributed by atoms with Crippen LogP contribution in [0.5, 0.6) is 0 Å². The number of aryl methyl sites for hydroxylation is 1. The Kier molecular flexibility index (Phi) is 3.69. The zero-order valence-corrected chi connectivity index (χ0v) is 11.2. The Hall–Kier alpha value is -2.10. The number of carbonyl (C=O) groups is 1. The van der Waals surface area contributed by atoms with Crippen LogP contribution in [0.2, 0.25) is 0 Å². The van der Waals surface area contributed by atoms with Crippen molar-refractivity contribution >= 4 is 11.5 Å². The Morgan fingerprint density at radius 3 is 2.63 bits per heavy atom. The molecular formula is C15H16FNO2. The molecule has 0 atom stereocenters. The number of Topliss-reactive ketones (excluding diaryl/α,β-unsaturated/α-hetero) is 1. The van der Waals surface area contributed by atoms with Crippen LogP contribution in [0.25, 0.3) is 0 Å². The summed E-state index contributed by atoms with van der Waals surface area (Å²) in [6.45, 7) is 3.84. The number of hydrogen-bond acceptors (Lipinski definition) is 3. The molecule has 0 fully saturated rings. The summed E-state index contributed by atoms with van der Waals surface area (Å²) in [7, 11) is 1.84. The van der Waals surface area contributed by atoms with Crippen molar-refractivity contribution in [3.8, 4) is 0 Å². The number of furan rings is 1. The summed E-state index contributed by atoms with van der Waals surface area (Å²) in [5.74, 6) is 1.08. The monoisotopic (exact) mass is 261 g/mol. The fraction of sp³-hybridized carbons (Fsp3) is 0.267. The molecule has 0 aliphatic heterocycles. The highest BCUT2D eigenvalue weighted by atomic mass is 19.1. The normalized spacial score (nSPS) is 10.5. The van der Waals surface area contributed by atoms with E-state index in [1.165, 1.54) is 19.1 Å². The fourth-order valence-electron chi connectivity index (χ4n) is 2.01. The molecule has 0 aliphatic carbocycles. The second-order valence-corrected chi connectivity index (χ2v) is 4.59. The van der Waals surface area contributed by atoms with Crippen molar-refractivity contribution in [2.24, 2.45) is 0 Å². The molecule has 3 nitrogen and oxygen atoms in total. The van der Waals surface area contributed by atoms with Crippen molar-refractivity contribution < 1.29 is 13.6 Å². The first-order chi connectivity index (χ1) is 8.97. The van der Waals surface area contributed by atoms with Crippen LogP contribution in [0.15, 0.2) is 34.7 Å². The summed E-state index contributed by atoms with van der Waals surface area (Å²) in [5.41, 5.74) is 1.08. The summed E-state index contributed by atoms with van der Waals surface area (Å²) >= 11 is 0. The van der Waals surface area contributed by atoms with Gasteiger partial charge in [0.05, 0.1) is 6.54 Å². The van der Waals surface area contributed by atoms with E-state index >= 15 is 0 Å². The molecule has 1 aromatic heterocycles. The van der Waals surface area contributed by atoms with Gasteiger partial charge in [-0.15, -0.1) is 0 Å². The SMILES string of the molecule is CC(=O)c1cc(F)ccc1N(C)Cc1ccc(C)o1. The lowest BCUT2D eigenvalue weighted by Gasteiger charge is -2.20. The van der Waals surface area contributed by atoms with Crippen LogP contribution in [-0.4, -0.2) is 12.8 Å². The molecule has 1 aromatic carbocycles. The summed E-state index contributed by atoms with van der Waals surface area (Å²) in [5, 5.41) is 0. The standard InChI is InChI=1S/C15H16FNO2/c1-10-4-6-13(19-10)9-17(3)15-7-5-12(16)8-14(15)11(2)18/h4-8H,9H2,1-3H3. The molecular weight excluding hydrogens is 245 g/mol. The largest absolute Gasteiger partial charge is 0.464 e. The lowest BCUT2D eigenvalue weighted by atomic mass is 10.1.